The normalized spacial score (nSPS) is 10.4. The highest BCUT2D eigenvalue weighted by Crippen LogP contribution is 2.36. The highest BCUT2D eigenvalue weighted by molar-refractivity contribution is 6.32. The van der Waals surface area contributed by atoms with Gasteiger partial charge in [0.2, 0.25) is 0 Å². The molecule has 0 bridgehead atoms. The van der Waals surface area contributed by atoms with Crippen LogP contribution >= 0.6 is 11.6 Å². The fourth-order valence-corrected chi connectivity index (χ4v) is 2.12. The van der Waals surface area contributed by atoms with E-state index in [1.54, 1.807) is 12.1 Å². The molecule has 2 aromatic rings. The summed E-state index contributed by atoms with van der Waals surface area (Å²) in [4.78, 5) is 4.36. The zero-order valence-electron chi connectivity index (χ0n) is 11.4. The predicted molar refractivity (Wildman–Crippen MR) is 77.2 cm³/mol. The maximum absolute atomic E-state index is 9.15. The van der Waals surface area contributed by atoms with Gasteiger partial charge in [-0.1, -0.05) is 17.7 Å². The standard InChI is InChI=1S/C15H16ClNO3/c1-10-4-3-5-12(17-10)9-20-15-13(16)6-11(8-18)7-14(15)19-2/h3-7,18H,8-9H2,1-2H3. The molecule has 1 aromatic carbocycles. The van der Waals surface area contributed by atoms with Crippen LogP contribution in [0.3, 0.4) is 0 Å². The number of hydrogen-bond acceptors (Lipinski definition) is 4. The summed E-state index contributed by atoms with van der Waals surface area (Å²) in [7, 11) is 1.53. The molecule has 0 radical (unpaired) electrons. The fourth-order valence-electron chi connectivity index (χ4n) is 1.83. The maximum Gasteiger partial charge on any atom is 0.180 e. The summed E-state index contributed by atoms with van der Waals surface area (Å²) >= 11 is 6.15. The highest BCUT2D eigenvalue weighted by atomic mass is 35.5. The van der Waals surface area contributed by atoms with E-state index in [-0.39, 0.29) is 6.61 Å². The van der Waals surface area contributed by atoms with E-state index in [1.807, 2.05) is 25.1 Å². The quantitative estimate of drug-likeness (QED) is 0.920. The molecule has 0 amide bonds. The van der Waals surface area contributed by atoms with Crippen LogP contribution in [0.2, 0.25) is 5.02 Å². The highest BCUT2D eigenvalue weighted by Gasteiger charge is 2.12. The number of halogens is 1. The molecular formula is C15H16ClNO3. The van der Waals surface area contributed by atoms with E-state index in [0.29, 0.717) is 28.7 Å². The van der Waals surface area contributed by atoms with E-state index in [4.69, 9.17) is 26.2 Å². The molecule has 20 heavy (non-hydrogen) atoms. The zero-order chi connectivity index (χ0) is 14.5. The third-order valence-electron chi connectivity index (χ3n) is 2.78. The Hall–Kier alpha value is -1.78. The topological polar surface area (TPSA) is 51.6 Å². The summed E-state index contributed by atoms with van der Waals surface area (Å²) < 4.78 is 10.9. The number of rotatable bonds is 5. The van der Waals surface area contributed by atoms with Crippen LogP contribution in [0.25, 0.3) is 0 Å². The lowest BCUT2D eigenvalue weighted by atomic mass is 10.2. The predicted octanol–water partition coefficient (Wildman–Crippen LogP) is 3.12. The minimum atomic E-state index is -0.101. The number of ether oxygens (including phenoxy) is 2. The average molecular weight is 294 g/mol. The number of aliphatic hydroxyl groups is 1. The fraction of sp³-hybridized carbons (Fsp3) is 0.267. The molecule has 0 saturated carbocycles. The van der Waals surface area contributed by atoms with Gasteiger partial charge in [0, 0.05) is 5.69 Å². The molecule has 1 aromatic heterocycles. The van der Waals surface area contributed by atoms with Gasteiger partial charge in [0.15, 0.2) is 11.5 Å². The molecule has 0 aliphatic heterocycles. The molecule has 0 unspecified atom stereocenters. The van der Waals surface area contributed by atoms with Crippen molar-refractivity contribution >= 4 is 11.6 Å². The van der Waals surface area contributed by atoms with E-state index in [0.717, 1.165) is 11.4 Å². The van der Waals surface area contributed by atoms with Gasteiger partial charge in [-0.3, -0.25) is 4.98 Å². The van der Waals surface area contributed by atoms with Crippen molar-refractivity contribution in [3.63, 3.8) is 0 Å². The first-order valence-electron chi connectivity index (χ1n) is 6.16. The molecule has 0 saturated heterocycles. The molecule has 0 aliphatic rings. The third kappa shape index (κ3) is 3.40. The number of hydrogen-bond donors (Lipinski definition) is 1. The van der Waals surface area contributed by atoms with Crippen molar-refractivity contribution in [2.24, 2.45) is 0 Å². The molecular weight excluding hydrogens is 278 g/mol. The number of methoxy groups -OCH3 is 1. The van der Waals surface area contributed by atoms with E-state index in [2.05, 4.69) is 4.98 Å². The number of aliphatic hydroxyl groups excluding tert-OH is 1. The summed E-state index contributed by atoms with van der Waals surface area (Å²) in [5.41, 5.74) is 2.42. The van der Waals surface area contributed by atoms with Gasteiger partial charge < -0.3 is 14.6 Å². The third-order valence-corrected chi connectivity index (χ3v) is 3.06. The molecule has 106 valence electrons. The maximum atomic E-state index is 9.15. The second-order valence-electron chi connectivity index (χ2n) is 4.33. The number of aryl methyl sites for hydroxylation is 1. The Morgan fingerprint density at radius 1 is 1.30 bits per heavy atom. The number of aromatic nitrogens is 1. The monoisotopic (exact) mass is 293 g/mol. The van der Waals surface area contributed by atoms with Gasteiger partial charge in [0.05, 0.1) is 24.4 Å². The first-order valence-corrected chi connectivity index (χ1v) is 6.54. The Balaban J connectivity index is 2.20. The Morgan fingerprint density at radius 2 is 2.10 bits per heavy atom. The summed E-state index contributed by atoms with van der Waals surface area (Å²) in [6.07, 6.45) is 0. The summed E-state index contributed by atoms with van der Waals surface area (Å²) in [5.74, 6) is 0.948. The van der Waals surface area contributed by atoms with Gasteiger partial charge in [0.1, 0.15) is 6.61 Å². The second kappa shape index (κ2) is 6.59. The molecule has 2 rings (SSSR count). The number of nitrogens with zero attached hydrogens (tertiary/aromatic N) is 1. The summed E-state index contributed by atoms with van der Waals surface area (Å²) in [6.45, 7) is 2.12. The average Bonchev–Trinajstić information content (AvgIpc) is 2.45. The van der Waals surface area contributed by atoms with Crippen molar-refractivity contribution in [2.45, 2.75) is 20.1 Å². The van der Waals surface area contributed by atoms with Gasteiger partial charge >= 0.3 is 0 Å². The summed E-state index contributed by atoms with van der Waals surface area (Å²) in [5, 5.41) is 9.55. The first-order chi connectivity index (χ1) is 9.63. The Bertz CT molecular complexity index is 602. The van der Waals surface area contributed by atoms with Crippen LogP contribution in [-0.4, -0.2) is 17.2 Å². The van der Waals surface area contributed by atoms with Crippen molar-refractivity contribution in [1.29, 1.82) is 0 Å². The van der Waals surface area contributed by atoms with E-state index < -0.39 is 0 Å². The van der Waals surface area contributed by atoms with E-state index in [1.165, 1.54) is 7.11 Å². The zero-order valence-corrected chi connectivity index (χ0v) is 12.1. The number of benzene rings is 1. The van der Waals surface area contributed by atoms with Crippen molar-refractivity contribution in [2.75, 3.05) is 7.11 Å². The first kappa shape index (κ1) is 14.6. The lowest BCUT2D eigenvalue weighted by molar-refractivity contribution is 0.272. The van der Waals surface area contributed by atoms with Gasteiger partial charge in [-0.15, -0.1) is 0 Å². The molecule has 4 nitrogen and oxygen atoms in total. The van der Waals surface area contributed by atoms with Crippen LogP contribution in [0.4, 0.5) is 0 Å². The second-order valence-corrected chi connectivity index (χ2v) is 4.73. The Labute approximate surface area is 122 Å². The van der Waals surface area contributed by atoms with Gasteiger partial charge in [-0.05, 0) is 36.8 Å². The largest absolute Gasteiger partial charge is 0.493 e. The van der Waals surface area contributed by atoms with Crippen LogP contribution in [-0.2, 0) is 13.2 Å². The van der Waals surface area contributed by atoms with Gasteiger partial charge in [0.25, 0.3) is 0 Å². The Kier molecular flexibility index (Phi) is 4.82. The van der Waals surface area contributed by atoms with Crippen molar-refractivity contribution < 1.29 is 14.6 Å². The van der Waals surface area contributed by atoms with Crippen molar-refractivity contribution in [3.8, 4) is 11.5 Å². The molecule has 5 heteroatoms. The molecule has 0 aliphatic carbocycles. The van der Waals surface area contributed by atoms with Crippen LogP contribution in [0, 0.1) is 6.92 Å². The van der Waals surface area contributed by atoms with Crippen molar-refractivity contribution in [3.05, 3.63) is 52.3 Å². The van der Waals surface area contributed by atoms with Crippen LogP contribution in [0.5, 0.6) is 11.5 Å². The smallest absolute Gasteiger partial charge is 0.180 e. The summed E-state index contributed by atoms with van der Waals surface area (Å²) in [6, 6.07) is 9.09. The molecule has 0 spiro atoms. The Morgan fingerprint density at radius 3 is 2.75 bits per heavy atom. The lowest BCUT2D eigenvalue weighted by Gasteiger charge is -2.13. The minimum absolute atomic E-state index is 0.101. The van der Waals surface area contributed by atoms with Crippen molar-refractivity contribution in [1.82, 2.24) is 4.98 Å². The van der Waals surface area contributed by atoms with Gasteiger partial charge in [-0.25, -0.2) is 0 Å². The number of pyridine rings is 1. The van der Waals surface area contributed by atoms with Crippen LogP contribution < -0.4 is 9.47 Å². The molecule has 1 heterocycles. The van der Waals surface area contributed by atoms with E-state index >= 15 is 0 Å². The van der Waals surface area contributed by atoms with Crippen LogP contribution in [0.1, 0.15) is 17.0 Å². The molecule has 0 atom stereocenters. The SMILES string of the molecule is COc1cc(CO)cc(Cl)c1OCc1cccc(C)n1. The van der Waals surface area contributed by atoms with Gasteiger partial charge in [-0.2, -0.15) is 0 Å². The molecule has 1 N–H and O–H groups in total. The molecule has 0 fully saturated rings. The van der Waals surface area contributed by atoms with Crippen LogP contribution in [0.15, 0.2) is 30.3 Å². The van der Waals surface area contributed by atoms with E-state index in [9.17, 15) is 0 Å². The minimum Gasteiger partial charge on any atom is -0.493 e. The lowest BCUT2D eigenvalue weighted by Crippen LogP contribution is -2.01.